The van der Waals surface area contributed by atoms with Crippen LogP contribution in [0.1, 0.15) is 45.6 Å². The molecular weight excluding hydrogens is 248 g/mol. The van der Waals surface area contributed by atoms with Gasteiger partial charge in [0.05, 0.1) is 0 Å². The molecule has 2 heterocycles. The Kier molecular flexibility index (Phi) is 4.31. The van der Waals surface area contributed by atoms with E-state index in [1.165, 1.54) is 19.3 Å². The number of hydrogen-bond acceptors (Lipinski definition) is 3. The zero-order chi connectivity index (χ0) is 14.8. The third-order valence-electron chi connectivity index (χ3n) is 4.33. The minimum Gasteiger partial charge on any atom is -0.384 e. The first-order valence-electron chi connectivity index (χ1n) is 7.43. The van der Waals surface area contributed by atoms with Crippen molar-refractivity contribution in [1.82, 2.24) is 4.98 Å². The second kappa shape index (κ2) is 5.81. The van der Waals surface area contributed by atoms with E-state index in [0.29, 0.717) is 5.41 Å². The number of nitrogens with zero attached hydrogens (tertiary/aromatic N) is 2. The van der Waals surface area contributed by atoms with Gasteiger partial charge >= 0.3 is 0 Å². The van der Waals surface area contributed by atoms with Crippen LogP contribution in [0.4, 0.5) is 5.82 Å². The molecule has 1 aromatic rings. The summed E-state index contributed by atoms with van der Waals surface area (Å²) in [5, 5.41) is 7.53. The van der Waals surface area contributed by atoms with Crippen LogP contribution >= 0.6 is 0 Å². The Morgan fingerprint density at radius 1 is 1.35 bits per heavy atom. The molecule has 1 saturated heterocycles. The molecule has 1 aromatic heterocycles. The number of rotatable bonds is 2. The SMILES string of the molecule is CC(C)(C)C1CCCN(c2cc(C(=N)N)ccn2)CC1. The summed E-state index contributed by atoms with van der Waals surface area (Å²) in [6.07, 6.45) is 5.44. The van der Waals surface area contributed by atoms with Gasteiger partial charge in [-0.15, -0.1) is 0 Å². The number of pyridine rings is 1. The number of nitrogens with one attached hydrogen (secondary N) is 1. The average Bonchev–Trinajstić information content (AvgIpc) is 2.64. The van der Waals surface area contributed by atoms with Gasteiger partial charge in [-0.2, -0.15) is 0 Å². The van der Waals surface area contributed by atoms with Crippen molar-refractivity contribution in [3.05, 3.63) is 23.9 Å². The zero-order valence-electron chi connectivity index (χ0n) is 12.8. The quantitative estimate of drug-likeness (QED) is 0.643. The van der Waals surface area contributed by atoms with Crippen LogP contribution in [-0.4, -0.2) is 23.9 Å². The molecule has 3 N–H and O–H groups in total. The standard InChI is InChI=1S/C16H26N4/c1-16(2,3)13-5-4-9-20(10-7-13)14-11-12(15(17)18)6-8-19-14/h6,8,11,13H,4-5,7,9-10H2,1-3H3,(H3,17,18). The number of nitrogen functional groups attached to an aromatic ring is 1. The summed E-state index contributed by atoms with van der Waals surface area (Å²) in [4.78, 5) is 6.78. The van der Waals surface area contributed by atoms with Crippen LogP contribution in [0.3, 0.4) is 0 Å². The van der Waals surface area contributed by atoms with Crippen LogP contribution in [0, 0.1) is 16.7 Å². The molecular formula is C16H26N4. The average molecular weight is 274 g/mol. The Morgan fingerprint density at radius 2 is 2.10 bits per heavy atom. The van der Waals surface area contributed by atoms with Gasteiger partial charge in [0.25, 0.3) is 0 Å². The second-order valence-electron chi connectivity index (χ2n) is 6.80. The Bertz CT molecular complexity index is 476. The van der Waals surface area contributed by atoms with Gasteiger partial charge in [-0.05, 0) is 42.7 Å². The van der Waals surface area contributed by atoms with E-state index in [9.17, 15) is 0 Å². The number of nitrogens with two attached hydrogens (primary N) is 1. The maximum absolute atomic E-state index is 7.53. The molecule has 0 spiro atoms. The fourth-order valence-corrected chi connectivity index (χ4v) is 2.95. The van der Waals surface area contributed by atoms with Gasteiger partial charge in [0.1, 0.15) is 11.7 Å². The first-order valence-corrected chi connectivity index (χ1v) is 7.43. The van der Waals surface area contributed by atoms with Crippen LogP contribution < -0.4 is 10.6 Å². The summed E-state index contributed by atoms with van der Waals surface area (Å²) in [5.74, 6) is 1.83. The number of anilines is 1. The first-order chi connectivity index (χ1) is 9.38. The van der Waals surface area contributed by atoms with Crippen LogP contribution in [0.15, 0.2) is 18.3 Å². The van der Waals surface area contributed by atoms with Crippen LogP contribution in [0.5, 0.6) is 0 Å². The lowest BCUT2D eigenvalue weighted by Crippen LogP contribution is -2.27. The lowest BCUT2D eigenvalue weighted by Gasteiger charge is -2.30. The Labute approximate surface area is 121 Å². The number of amidine groups is 1. The summed E-state index contributed by atoms with van der Waals surface area (Å²) in [5.41, 5.74) is 6.69. The van der Waals surface area contributed by atoms with E-state index in [1.54, 1.807) is 12.3 Å². The number of aromatic nitrogens is 1. The Hall–Kier alpha value is -1.58. The van der Waals surface area contributed by atoms with Gasteiger partial charge < -0.3 is 10.6 Å². The van der Waals surface area contributed by atoms with Crippen molar-refractivity contribution < 1.29 is 0 Å². The van der Waals surface area contributed by atoms with Crippen molar-refractivity contribution in [1.29, 1.82) is 5.41 Å². The maximum Gasteiger partial charge on any atom is 0.129 e. The van der Waals surface area contributed by atoms with Gasteiger partial charge in [0.2, 0.25) is 0 Å². The monoisotopic (exact) mass is 274 g/mol. The zero-order valence-corrected chi connectivity index (χ0v) is 12.8. The molecule has 4 heteroatoms. The Balaban J connectivity index is 2.11. The van der Waals surface area contributed by atoms with E-state index < -0.39 is 0 Å². The maximum atomic E-state index is 7.53. The molecule has 0 aromatic carbocycles. The summed E-state index contributed by atoms with van der Waals surface area (Å²) >= 11 is 0. The van der Waals surface area contributed by atoms with E-state index in [-0.39, 0.29) is 5.84 Å². The van der Waals surface area contributed by atoms with E-state index in [2.05, 4.69) is 30.7 Å². The molecule has 0 amide bonds. The molecule has 0 aliphatic carbocycles. The highest BCUT2D eigenvalue weighted by Crippen LogP contribution is 2.34. The first kappa shape index (κ1) is 14.8. The third kappa shape index (κ3) is 3.50. The van der Waals surface area contributed by atoms with E-state index in [0.717, 1.165) is 30.4 Å². The molecule has 1 atom stereocenters. The van der Waals surface area contributed by atoms with E-state index >= 15 is 0 Å². The van der Waals surface area contributed by atoms with Crippen molar-refractivity contribution in [2.24, 2.45) is 17.1 Å². The van der Waals surface area contributed by atoms with Gasteiger partial charge in [-0.1, -0.05) is 20.8 Å². The van der Waals surface area contributed by atoms with Crippen LogP contribution in [0.25, 0.3) is 0 Å². The highest BCUT2D eigenvalue weighted by atomic mass is 15.2. The predicted octanol–water partition coefficient (Wildman–Crippen LogP) is 3.02. The van der Waals surface area contributed by atoms with Crippen molar-refractivity contribution in [3.63, 3.8) is 0 Å². The van der Waals surface area contributed by atoms with E-state index in [4.69, 9.17) is 11.1 Å². The molecule has 0 radical (unpaired) electrons. The van der Waals surface area contributed by atoms with Gasteiger partial charge in [-0.3, -0.25) is 5.41 Å². The molecule has 110 valence electrons. The lowest BCUT2D eigenvalue weighted by atomic mass is 9.77. The van der Waals surface area contributed by atoms with E-state index in [1.807, 2.05) is 6.07 Å². The molecule has 0 saturated carbocycles. The molecule has 2 rings (SSSR count). The summed E-state index contributed by atoms with van der Waals surface area (Å²) in [7, 11) is 0. The molecule has 20 heavy (non-hydrogen) atoms. The molecule has 4 nitrogen and oxygen atoms in total. The highest BCUT2D eigenvalue weighted by molar-refractivity contribution is 5.95. The largest absolute Gasteiger partial charge is 0.384 e. The molecule has 1 aliphatic rings. The lowest BCUT2D eigenvalue weighted by molar-refractivity contribution is 0.220. The fourth-order valence-electron chi connectivity index (χ4n) is 2.95. The topological polar surface area (TPSA) is 66.0 Å². The minimum absolute atomic E-state index is 0.107. The van der Waals surface area contributed by atoms with Gasteiger partial charge in [-0.25, -0.2) is 4.98 Å². The summed E-state index contributed by atoms with van der Waals surface area (Å²) < 4.78 is 0. The minimum atomic E-state index is 0.107. The van der Waals surface area contributed by atoms with Crippen LogP contribution in [0.2, 0.25) is 0 Å². The fraction of sp³-hybridized carbons (Fsp3) is 0.625. The van der Waals surface area contributed by atoms with Gasteiger partial charge in [0, 0.05) is 24.8 Å². The normalized spacial score (nSPS) is 20.6. The van der Waals surface area contributed by atoms with Crippen molar-refractivity contribution in [3.8, 4) is 0 Å². The van der Waals surface area contributed by atoms with Crippen molar-refractivity contribution >= 4 is 11.7 Å². The summed E-state index contributed by atoms with van der Waals surface area (Å²) in [6, 6.07) is 3.72. The molecule has 0 bridgehead atoms. The number of hydrogen-bond donors (Lipinski definition) is 2. The molecule has 1 aliphatic heterocycles. The third-order valence-corrected chi connectivity index (χ3v) is 4.33. The smallest absolute Gasteiger partial charge is 0.129 e. The second-order valence-corrected chi connectivity index (χ2v) is 6.80. The van der Waals surface area contributed by atoms with Crippen molar-refractivity contribution in [2.75, 3.05) is 18.0 Å². The molecule has 1 unspecified atom stereocenters. The molecule has 1 fully saturated rings. The predicted molar refractivity (Wildman–Crippen MR) is 84.3 cm³/mol. The van der Waals surface area contributed by atoms with Crippen LogP contribution in [-0.2, 0) is 0 Å². The van der Waals surface area contributed by atoms with Gasteiger partial charge in [0.15, 0.2) is 0 Å². The van der Waals surface area contributed by atoms with Crippen molar-refractivity contribution in [2.45, 2.75) is 40.0 Å². The Morgan fingerprint density at radius 3 is 2.75 bits per heavy atom. The highest BCUT2D eigenvalue weighted by Gasteiger charge is 2.27. The summed E-state index contributed by atoms with van der Waals surface area (Å²) in [6.45, 7) is 9.09.